The van der Waals surface area contributed by atoms with Gasteiger partial charge in [-0.15, -0.1) is 0 Å². The van der Waals surface area contributed by atoms with E-state index >= 15 is 0 Å². The molecule has 0 aliphatic carbocycles. The van der Waals surface area contributed by atoms with E-state index in [9.17, 15) is 4.79 Å². The highest BCUT2D eigenvalue weighted by Gasteiger charge is 2.46. The van der Waals surface area contributed by atoms with Crippen molar-refractivity contribution in [2.45, 2.75) is 25.2 Å². The van der Waals surface area contributed by atoms with Gasteiger partial charge in [0.2, 0.25) is 0 Å². The zero-order valence-electron chi connectivity index (χ0n) is 16.6. The first kappa shape index (κ1) is 18.8. The minimum absolute atomic E-state index is 0.0190. The van der Waals surface area contributed by atoms with Gasteiger partial charge in [-0.1, -0.05) is 36.4 Å². The SMILES string of the molecule is CCNC(=O)N1CC2(CCN(CCOc3ccccc3)CC2)c2ccccc21. The summed E-state index contributed by atoms with van der Waals surface area (Å²) in [5.74, 6) is 0.929. The quantitative estimate of drug-likeness (QED) is 0.863. The average molecular weight is 380 g/mol. The smallest absolute Gasteiger partial charge is 0.321 e. The lowest BCUT2D eigenvalue weighted by Crippen LogP contribution is -2.48. The molecule has 0 saturated carbocycles. The number of hydrogen-bond donors (Lipinski definition) is 1. The number of fused-ring (bicyclic) bond motifs is 2. The van der Waals surface area contributed by atoms with E-state index in [0.29, 0.717) is 13.2 Å². The fourth-order valence-corrected chi connectivity index (χ4v) is 4.50. The Hall–Kier alpha value is -2.53. The number of likely N-dealkylation sites (tertiary alicyclic amines) is 1. The van der Waals surface area contributed by atoms with E-state index in [0.717, 1.165) is 50.5 Å². The predicted molar refractivity (Wildman–Crippen MR) is 112 cm³/mol. The van der Waals surface area contributed by atoms with E-state index in [1.807, 2.05) is 48.2 Å². The van der Waals surface area contributed by atoms with Crippen molar-refractivity contribution in [1.82, 2.24) is 10.2 Å². The second-order valence-electron chi connectivity index (χ2n) is 7.72. The van der Waals surface area contributed by atoms with Gasteiger partial charge in [-0.3, -0.25) is 9.80 Å². The van der Waals surface area contributed by atoms with E-state index in [2.05, 4.69) is 28.4 Å². The molecule has 1 saturated heterocycles. The number of ether oxygens (including phenoxy) is 1. The van der Waals surface area contributed by atoms with Crippen LogP contribution < -0.4 is 15.0 Å². The normalized spacial score (nSPS) is 18.1. The number of carbonyl (C=O) groups excluding carboxylic acids is 1. The van der Waals surface area contributed by atoms with Crippen LogP contribution in [0.2, 0.25) is 0 Å². The van der Waals surface area contributed by atoms with Gasteiger partial charge in [-0.25, -0.2) is 4.79 Å². The lowest BCUT2D eigenvalue weighted by atomic mass is 9.74. The van der Waals surface area contributed by atoms with Crippen LogP contribution >= 0.6 is 0 Å². The minimum atomic E-state index is 0.0190. The molecule has 2 aliphatic heterocycles. The van der Waals surface area contributed by atoms with Crippen molar-refractivity contribution >= 4 is 11.7 Å². The van der Waals surface area contributed by atoms with Crippen LogP contribution in [-0.4, -0.2) is 50.3 Å². The van der Waals surface area contributed by atoms with E-state index in [1.54, 1.807) is 0 Å². The molecular formula is C23H29N3O2. The number of para-hydroxylation sites is 2. The summed E-state index contributed by atoms with van der Waals surface area (Å²) in [7, 11) is 0. The number of hydrogen-bond acceptors (Lipinski definition) is 3. The molecule has 1 spiro atoms. The number of carbonyl (C=O) groups is 1. The van der Waals surface area contributed by atoms with Gasteiger partial charge in [0.05, 0.1) is 0 Å². The number of rotatable bonds is 5. The molecule has 28 heavy (non-hydrogen) atoms. The second-order valence-corrected chi connectivity index (χ2v) is 7.72. The molecule has 5 heteroatoms. The molecule has 2 aromatic carbocycles. The molecule has 5 nitrogen and oxygen atoms in total. The molecule has 0 bridgehead atoms. The molecule has 4 rings (SSSR count). The molecule has 2 aromatic rings. The van der Waals surface area contributed by atoms with Gasteiger partial charge in [-0.2, -0.15) is 0 Å². The summed E-state index contributed by atoms with van der Waals surface area (Å²) in [6, 6.07) is 18.4. The lowest BCUT2D eigenvalue weighted by Gasteiger charge is -2.39. The van der Waals surface area contributed by atoms with Crippen molar-refractivity contribution in [3.63, 3.8) is 0 Å². The van der Waals surface area contributed by atoms with Crippen LogP contribution in [0.25, 0.3) is 0 Å². The Bertz CT molecular complexity index is 801. The molecule has 0 radical (unpaired) electrons. The van der Waals surface area contributed by atoms with E-state index < -0.39 is 0 Å². The number of urea groups is 1. The Kier molecular flexibility index (Phi) is 5.53. The summed E-state index contributed by atoms with van der Waals surface area (Å²) in [5.41, 5.74) is 2.49. The molecule has 0 unspecified atom stereocenters. The molecule has 2 amide bonds. The Labute approximate surface area is 167 Å². The first-order valence-corrected chi connectivity index (χ1v) is 10.3. The fraction of sp³-hybridized carbons (Fsp3) is 0.435. The van der Waals surface area contributed by atoms with Crippen LogP contribution in [-0.2, 0) is 5.41 Å². The maximum absolute atomic E-state index is 12.6. The van der Waals surface area contributed by atoms with Crippen LogP contribution in [0.5, 0.6) is 5.75 Å². The zero-order valence-corrected chi connectivity index (χ0v) is 16.6. The predicted octanol–water partition coefficient (Wildman–Crippen LogP) is 3.65. The third-order valence-electron chi connectivity index (χ3n) is 6.03. The van der Waals surface area contributed by atoms with Gasteiger partial charge in [0.15, 0.2) is 0 Å². The minimum Gasteiger partial charge on any atom is -0.492 e. The summed E-state index contributed by atoms with van der Waals surface area (Å²) >= 11 is 0. The van der Waals surface area contributed by atoms with Crippen LogP contribution in [0.3, 0.4) is 0 Å². The van der Waals surface area contributed by atoms with Crippen LogP contribution in [0.15, 0.2) is 54.6 Å². The second kappa shape index (κ2) is 8.23. The zero-order chi connectivity index (χ0) is 19.4. The summed E-state index contributed by atoms with van der Waals surface area (Å²) in [4.78, 5) is 17.0. The van der Waals surface area contributed by atoms with E-state index in [1.165, 1.54) is 5.56 Å². The number of amides is 2. The van der Waals surface area contributed by atoms with Gasteiger partial charge >= 0.3 is 6.03 Å². The maximum atomic E-state index is 12.6. The Morgan fingerprint density at radius 1 is 1.07 bits per heavy atom. The van der Waals surface area contributed by atoms with Crippen molar-refractivity contribution in [2.24, 2.45) is 0 Å². The largest absolute Gasteiger partial charge is 0.492 e. The molecule has 0 atom stereocenters. The molecule has 2 aliphatic rings. The molecule has 1 N–H and O–H groups in total. The number of piperidine rings is 1. The van der Waals surface area contributed by atoms with Gasteiger partial charge in [-0.05, 0) is 56.6 Å². The highest BCUT2D eigenvalue weighted by Crippen LogP contribution is 2.46. The fourth-order valence-electron chi connectivity index (χ4n) is 4.50. The van der Waals surface area contributed by atoms with Gasteiger partial charge in [0, 0.05) is 30.7 Å². The first-order chi connectivity index (χ1) is 13.7. The lowest BCUT2D eigenvalue weighted by molar-refractivity contribution is 0.142. The van der Waals surface area contributed by atoms with Crippen molar-refractivity contribution < 1.29 is 9.53 Å². The molecule has 1 fully saturated rings. The first-order valence-electron chi connectivity index (χ1n) is 10.3. The third-order valence-corrected chi connectivity index (χ3v) is 6.03. The number of anilines is 1. The van der Waals surface area contributed by atoms with Crippen LogP contribution in [0.4, 0.5) is 10.5 Å². The highest BCUT2D eigenvalue weighted by molar-refractivity contribution is 5.95. The maximum Gasteiger partial charge on any atom is 0.321 e. The third kappa shape index (κ3) is 3.72. The molecule has 2 heterocycles. The van der Waals surface area contributed by atoms with Gasteiger partial charge in [0.1, 0.15) is 12.4 Å². The summed E-state index contributed by atoms with van der Waals surface area (Å²) < 4.78 is 5.85. The standard InChI is InChI=1S/C23H29N3O2/c1-2-24-22(27)26-18-23(20-10-6-7-11-21(20)26)12-14-25(15-13-23)16-17-28-19-8-4-3-5-9-19/h3-11H,2,12-18H2,1H3,(H,24,27). The van der Waals surface area contributed by atoms with E-state index in [4.69, 9.17) is 4.74 Å². The summed E-state index contributed by atoms with van der Waals surface area (Å²) in [6.07, 6.45) is 2.15. The average Bonchev–Trinajstić information content (AvgIpc) is 3.05. The summed E-state index contributed by atoms with van der Waals surface area (Å²) in [6.45, 7) is 7.12. The van der Waals surface area contributed by atoms with Crippen LogP contribution in [0.1, 0.15) is 25.3 Å². The van der Waals surface area contributed by atoms with Crippen molar-refractivity contribution in [3.8, 4) is 5.75 Å². The topological polar surface area (TPSA) is 44.8 Å². The monoisotopic (exact) mass is 379 g/mol. The molecule has 148 valence electrons. The molecular weight excluding hydrogens is 350 g/mol. The van der Waals surface area contributed by atoms with Crippen LogP contribution in [0, 0.1) is 0 Å². The van der Waals surface area contributed by atoms with Gasteiger partial charge in [0.25, 0.3) is 0 Å². The van der Waals surface area contributed by atoms with Crippen molar-refractivity contribution in [1.29, 1.82) is 0 Å². The molecule has 0 aromatic heterocycles. The summed E-state index contributed by atoms with van der Waals surface area (Å²) in [5, 5.41) is 2.96. The Morgan fingerprint density at radius 3 is 2.54 bits per heavy atom. The number of nitrogens with zero attached hydrogens (tertiary/aromatic N) is 2. The van der Waals surface area contributed by atoms with E-state index in [-0.39, 0.29) is 11.4 Å². The Morgan fingerprint density at radius 2 is 1.79 bits per heavy atom. The number of nitrogens with one attached hydrogen (secondary N) is 1. The van der Waals surface area contributed by atoms with Crippen molar-refractivity contribution in [3.05, 3.63) is 60.2 Å². The Balaban J connectivity index is 1.37. The highest BCUT2D eigenvalue weighted by atomic mass is 16.5. The van der Waals surface area contributed by atoms with Gasteiger partial charge < -0.3 is 10.1 Å². The van der Waals surface area contributed by atoms with Crippen molar-refractivity contribution in [2.75, 3.05) is 44.2 Å². The number of benzene rings is 2.